The van der Waals surface area contributed by atoms with Gasteiger partial charge in [0.05, 0.1) is 4.75 Å². The lowest BCUT2D eigenvalue weighted by Crippen LogP contribution is -2.49. The Labute approximate surface area is 111 Å². The molecular formula is C13H26N2O2S. The van der Waals surface area contributed by atoms with Crippen LogP contribution in [0.3, 0.4) is 0 Å². The summed E-state index contributed by atoms with van der Waals surface area (Å²) in [4.78, 5) is 2.58. The highest BCUT2D eigenvalue weighted by Crippen LogP contribution is 2.29. The molecule has 1 heterocycles. The number of rotatable bonds is 5. The highest BCUT2D eigenvalue weighted by Gasteiger charge is 2.34. The van der Waals surface area contributed by atoms with Gasteiger partial charge in [-0.2, -0.15) is 0 Å². The number of hydrogen-bond donors (Lipinski definition) is 1. The number of sulfone groups is 1. The van der Waals surface area contributed by atoms with Gasteiger partial charge in [0.2, 0.25) is 0 Å². The summed E-state index contributed by atoms with van der Waals surface area (Å²) in [7, 11) is -2.99. The Morgan fingerprint density at radius 2 is 1.72 bits per heavy atom. The van der Waals surface area contributed by atoms with Gasteiger partial charge < -0.3 is 10.2 Å². The molecule has 0 aromatic heterocycles. The quantitative estimate of drug-likeness (QED) is 0.813. The molecule has 0 aromatic carbocycles. The fraction of sp³-hybridized carbons (Fsp3) is 1.00. The Morgan fingerprint density at radius 3 is 2.17 bits per heavy atom. The van der Waals surface area contributed by atoms with Crippen molar-refractivity contribution in [2.24, 2.45) is 0 Å². The van der Waals surface area contributed by atoms with Gasteiger partial charge in [0.25, 0.3) is 0 Å². The van der Waals surface area contributed by atoms with E-state index in [0.29, 0.717) is 12.6 Å². The van der Waals surface area contributed by atoms with Crippen molar-refractivity contribution in [3.8, 4) is 0 Å². The third-order valence-electron chi connectivity index (χ3n) is 4.41. The summed E-state index contributed by atoms with van der Waals surface area (Å²) in [6.45, 7) is 6.49. The third kappa shape index (κ3) is 3.45. The summed E-state index contributed by atoms with van der Waals surface area (Å²) in [5.74, 6) is 0. The standard InChI is InChI=1S/C13H26N2O2S/c1-13(2,18(3,16)17)10-14-11-6-8-15(9-7-11)12-4-5-12/h11-12,14H,4-10H2,1-3H3. The number of likely N-dealkylation sites (tertiary alicyclic amines) is 1. The van der Waals surface area contributed by atoms with E-state index in [4.69, 9.17) is 0 Å². The second-order valence-corrected chi connectivity index (χ2v) is 9.10. The molecule has 5 heteroatoms. The topological polar surface area (TPSA) is 49.4 Å². The molecule has 0 atom stereocenters. The van der Waals surface area contributed by atoms with Crippen molar-refractivity contribution in [3.63, 3.8) is 0 Å². The van der Waals surface area contributed by atoms with Gasteiger partial charge >= 0.3 is 0 Å². The first kappa shape index (κ1) is 14.3. The summed E-state index contributed by atoms with van der Waals surface area (Å²) in [6, 6.07) is 1.35. The first-order chi connectivity index (χ1) is 8.29. The summed E-state index contributed by atoms with van der Waals surface area (Å²) >= 11 is 0. The largest absolute Gasteiger partial charge is 0.312 e. The smallest absolute Gasteiger partial charge is 0.153 e. The van der Waals surface area contributed by atoms with Crippen LogP contribution in [0.2, 0.25) is 0 Å². The van der Waals surface area contributed by atoms with Gasteiger partial charge in [0.15, 0.2) is 9.84 Å². The van der Waals surface area contributed by atoms with E-state index in [9.17, 15) is 8.42 Å². The van der Waals surface area contributed by atoms with Gasteiger partial charge in [-0.3, -0.25) is 0 Å². The highest BCUT2D eigenvalue weighted by molar-refractivity contribution is 7.92. The van der Waals surface area contributed by atoms with Gasteiger partial charge in [0, 0.05) is 24.9 Å². The summed E-state index contributed by atoms with van der Waals surface area (Å²) in [5, 5.41) is 3.44. The van der Waals surface area contributed by atoms with Crippen molar-refractivity contribution in [2.45, 2.75) is 56.4 Å². The van der Waals surface area contributed by atoms with Gasteiger partial charge in [-0.05, 0) is 52.6 Å². The Morgan fingerprint density at radius 1 is 1.17 bits per heavy atom. The molecule has 0 unspecified atom stereocenters. The maximum atomic E-state index is 11.6. The number of nitrogens with zero attached hydrogens (tertiary/aromatic N) is 1. The molecule has 0 radical (unpaired) electrons. The predicted octanol–water partition coefficient (Wildman–Crippen LogP) is 1.03. The van der Waals surface area contributed by atoms with E-state index in [-0.39, 0.29) is 0 Å². The molecule has 106 valence electrons. The molecule has 2 fully saturated rings. The first-order valence-electron chi connectivity index (χ1n) is 6.97. The molecule has 4 nitrogen and oxygen atoms in total. The minimum atomic E-state index is -2.99. The molecule has 2 rings (SSSR count). The zero-order valence-corrected chi connectivity index (χ0v) is 12.6. The van der Waals surface area contributed by atoms with E-state index in [1.165, 1.54) is 32.2 Å². The number of piperidine rings is 1. The monoisotopic (exact) mass is 274 g/mol. The molecule has 1 aliphatic heterocycles. The first-order valence-corrected chi connectivity index (χ1v) is 8.86. The normalized spacial score (nSPS) is 24.4. The second-order valence-electron chi connectivity index (χ2n) is 6.45. The lowest BCUT2D eigenvalue weighted by Gasteiger charge is -2.34. The van der Waals surface area contributed by atoms with Crippen LogP contribution in [0, 0.1) is 0 Å². The summed E-state index contributed by atoms with van der Waals surface area (Å²) in [6.07, 6.45) is 6.37. The predicted molar refractivity (Wildman–Crippen MR) is 74.5 cm³/mol. The number of hydrogen-bond acceptors (Lipinski definition) is 4. The van der Waals surface area contributed by atoms with Crippen LogP contribution in [0.5, 0.6) is 0 Å². The lowest BCUT2D eigenvalue weighted by atomic mass is 10.0. The summed E-state index contributed by atoms with van der Waals surface area (Å²) in [5.41, 5.74) is 0. The SMILES string of the molecule is CC(C)(CNC1CCN(C2CC2)CC1)S(C)(=O)=O. The minimum absolute atomic E-state index is 0.487. The van der Waals surface area contributed by atoms with Crippen molar-refractivity contribution in [2.75, 3.05) is 25.9 Å². The molecule has 0 aromatic rings. The third-order valence-corrected chi connectivity index (χ3v) is 6.56. The molecule has 0 bridgehead atoms. The van der Waals surface area contributed by atoms with Crippen LogP contribution >= 0.6 is 0 Å². The average Bonchev–Trinajstić information content (AvgIpc) is 3.09. The van der Waals surface area contributed by atoms with E-state index < -0.39 is 14.6 Å². The molecule has 18 heavy (non-hydrogen) atoms. The van der Waals surface area contributed by atoms with E-state index in [1.54, 1.807) is 13.8 Å². The average molecular weight is 274 g/mol. The van der Waals surface area contributed by atoms with Crippen molar-refractivity contribution < 1.29 is 8.42 Å². The van der Waals surface area contributed by atoms with Crippen molar-refractivity contribution in [1.82, 2.24) is 10.2 Å². The van der Waals surface area contributed by atoms with Gasteiger partial charge in [0.1, 0.15) is 0 Å². The maximum Gasteiger partial charge on any atom is 0.153 e. The van der Waals surface area contributed by atoms with Crippen LogP contribution in [0.25, 0.3) is 0 Å². The van der Waals surface area contributed by atoms with E-state index in [0.717, 1.165) is 18.9 Å². The van der Waals surface area contributed by atoms with Gasteiger partial charge in [-0.1, -0.05) is 0 Å². The van der Waals surface area contributed by atoms with Gasteiger partial charge in [-0.15, -0.1) is 0 Å². The zero-order chi connectivity index (χ0) is 13.4. The second kappa shape index (κ2) is 5.10. The van der Waals surface area contributed by atoms with E-state index in [2.05, 4.69) is 10.2 Å². The zero-order valence-electron chi connectivity index (χ0n) is 11.8. The van der Waals surface area contributed by atoms with E-state index in [1.807, 2.05) is 0 Å². The fourth-order valence-electron chi connectivity index (χ4n) is 2.43. The molecule has 1 saturated heterocycles. The van der Waals surface area contributed by atoms with Crippen LogP contribution in [0.1, 0.15) is 39.5 Å². The molecule has 1 aliphatic carbocycles. The molecule has 1 saturated carbocycles. The minimum Gasteiger partial charge on any atom is -0.312 e. The Hall–Kier alpha value is -0.130. The number of nitrogens with one attached hydrogen (secondary N) is 1. The fourth-order valence-corrected chi connectivity index (χ4v) is 2.78. The maximum absolute atomic E-state index is 11.6. The van der Waals surface area contributed by atoms with Crippen LogP contribution < -0.4 is 5.32 Å². The lowest BCUT2D eigenvalue weighted by molar-refractivity contribution is 0.188. The van der Waals surface area contributed by atoms with Crippen LogP contribution in [0.4, 0.5) is 0 Å². The molecule has 0 amide bonds. The Bertz CT molecular complexity index is 380. The Balaban J connectivity index is 1.75. The van der Waals surface area contributed by atoms with Gasteiger partial charge in [-0.25, -0.2) is 8.42 Å². The highest BCUT2D eigenvalue weighted by atomic mass is 32.2. The summed E-state index contributed by atoms with van der Waals surface area (Å²) < 4.78 is 22.6. The van der Waals surface area contributed by atoms with E-state index >= 15 is 0 Å². The molecular weight excluding hydrogens is 248 g/mol. The molecule has 1 N–H and O–H groups in total. The molecule has 0 spiro atoms. The van der Waals surface area contributed by atoms with Crippen molar-refractivity contribution >= 4 is 9.84 Å². The van der Waals surface area contributed by atoms with Crippen molar-refractivity contribution in [3.05, 3.63) is 0 Å². The van der Waals surface area contributed by atoms with Crippen LogP contribution in [-0.2, 0) is 9.84 Å². The van der Waals surface area contributed by atoms with Crippen LogP contribution in [0.15, 0.2) is 0 Å². The van der Waals surface area contributed by atoms with Crippen molar-refractivity contribution in [1.29, 1.82) is 0 Å². The molecule has 2 aliphatic rings. The van der Waals surface area contributed by atoms with Crippen LogP contribution in [-0.4, -0.2) is 56.0 Å². The Kier molecular flexibility index (Phi) is 4.04.